The molecule has 0 spiro atoms. The Hall–Kier alpha value is -3.13. The van der Waals surface area contributed by atoms with Crippen molar-refractivity contribution in [2.75, 3.05) is 16.8 Å². The zero-order valence-electron chi connectivity index (χ0n) is 15.7. The summed E-state index contributed by atoms with van der Waals surface area (Å²) in [5.74, 6) is -0.823. The van der Waals surface area contributed by atoms with Crippen molar-refractivity contribution in [3.63, 3.8) is 0 Å². The third kappa shape index (κ3) is 3.63. The largest absolute Gasteiger partial charge is 0.330 e. The first-order valence-electron chi connectivity index (χ1n) is 9.18. The minimum atomic E-state index is -0.480. The van der Waals surface area contributed by atoms with E-state index in [1.54, 1.807) is 35.4 Å². The van der Waals surface area contributed by atoms with E-state index in [-0.39, 0.29) is 23.9 Å². The highest BCUT2D eigenvalue weighted by Crippen LogP contribution is 2.32. The Balaban J connectivity index is 1.57. The van der Waals surface area contributed by atoms with Crippen LogP contribution >= 0.6 is 15.9 Å². The van der Waals surface area contributed by atoms with Gasteiger partial charge in [-0.2, -0.15) is 0 Å². The zero-order valence-corrected chi connectivity index (χ0v) is 17.3. The highest BCUT2D eigenvalue weighted by molar-refractivity contribution is 9.10. The predicted octanol–water partition coefficient (Wildman–Crippen LogP) is 3.23. The number of nitrogens with one attached hydrogen (secondary N) is 2. The van der Waals surface area contributed by atoms with Gasteiger partial charge in [-0.05, 0) is 47.1 Å². The molecule has 0 radical (unpaired) electrons. The molecule has 4 rings (SSSR count). The highest BCUT2D eigenvalue weighted by Gasteiger charge is 2.36. The maximum atomic E-state index is 12.9. The van der Waals surface area contributed by atoms with E-state index in [0.29, 0.717) is 17.9 Å². The fourth-order valence-electron chi connectivity index (χ4n) is 3.55. The molecule has 0 aliphatic carbocycles. The highest BCUT2D eigenvalue weighted by atomic mass is 79.9. The summed E-state index contributed by atoms with van der Waals surface area (Å²) >= 11 is 3.46. The van der Waals surface area contributed by atoms with E-state index < -0.39 is 5.92 Å². The van der Waals surface area contributed by atoms with Gasteiger partial charge in [0.05, 0.1) is 23.0 Å². The molecule has 2 aromatic carbocycles. The van der Waals surface area contributed by atoms with Crippen molar-refractivity contribution in [3.05, 3.63) is 75.4 Å². The molecule has 1 unspecified atom stereocenters. The van der Waals surface area contributed by atoms with E-state index in [0.717, 1.165) is 15.9 Å². The summed E-state index contributed by atoms with van der Waals surface area (Å²) in [4.78, 5) is 41.8. The minimum absolute atomic E-state index is 0.0944. The Morgan fingerprint density at radius 3 is 2.48 bits per heavy atom. The molecule has 0 bridgehead atoms. The normalized spacial score (nSPS) is 16.3. The van der Waals surface area contributed by atoms with Crippen LogP contribution in [0.4, 0.5) is 11.4 Å². The number of rotatable bonds is 4. The molecule has 3 aromatic rings. The van der Waals surface area contributed by atoms with E-state index in [1.165, 1.54) is 4.57 Å². The van der Waals surface area contributed by atoms with Crippen LogP contribution in [0.1, 0.15) is 12.1 Å². The number of anilines is 2. The van der Waals surface area contributed by atoms with Crippen LogP contribution in [0, 0.1) is 12.8 Å². The first kappa shape index (κ1) is 19.2. The van der Waals surface area contributed by atoms with Crippen LogP contribution in [0.15, 0.2) is 64.0 Å². The molecule has 2 heterocycles. The molecule has 1 fully saturated rings. The Morgan fingerprint density at radius 2 is 1.79 bits per heavy atom. The number of aromatic nitrogens is 2. The second-order valence-corrected chi connectivity index (χ2v) is 7.79. The van der Waals surface area contributed by atoms with E-state index in [2.05, 4.69) is 26.2 Å². The molecular weight excluding hydrogens is 436 g/mol. The fraction of sp³-hybridized carbons (Fsp3) is 0.190. The standard InChI is InChI=1S/C21H19BrN4O3/c1-13-11-23-21(29)26(13)18-9-5-3-7-16(18)24-20(28)14-10-19(27)25(12-14)17-8-4-2-6-15(17)22/h2-9,11,14H,10,12H2,1H3,(H,23,29)(H,24,28). The van der Waals surface area contributed by atoms with Crippen molar-refractivity contribution in [2.24, 2.45) is 5.92 Å². The Bertz CT molecular complexity index is 1150. The van der Waals surface area contributed by atoms with Gasteiger partial charge < -0.3 is 15.2 Å². The lowest BCUT2D eigenvalue weighted by atomic mass is 10.1. The molecule has 2 N–H and O–H groups in total. The van der Waals surface area contributed by atoms with Gasteiger partial charge in [0.15, 0.2) is 0 Å². The van der Waals surface area contributed by atoms with Crippen LogP contribution < -0.4 is 15.9 Å². The number of aryl methyl sites for hydroxylation is 1. The quantitative estimate of drug-likeness (QED) is 0.634. The smallest absolute Gasteiger partial charge is 0.324 e. The van der Waals surface area contributed by atoms with E-state index in [1.807, 2.05) is 31.2 Å². The summed E-state index contributed by atoms with van der Waals surface area (Å²) < 4.78 is 2.31. The molecule has 0 saturated carbocycles. The first-order valence-corrected chi connectivity index (χ1v) is 9.97. The summed E-state index contributed by atoms with van der Waals surface area (Å²) in [6.45, 7) is 2.11. The van der Waals surface area contributed by atoms with Crippen LogP contribution in [-0.2, 0) is 9.59 Å². The average Bonchev–Trinajstić information content (AvgIpc) is 3.25. The van der Waals surface area contributed by atoms with Crippen molar-refractivity contribution in [1.82, 2.24) is 9.55 Å². The first-order chi connectivity index (χ1) is 14.0. The van der Waals surface area contributed by atoms with Crippen molar-refractivity contribution in [3.8, 4) is 5.69 Å². The third-order valence-electron chi connectivity index (χ3n) is 5.00. The minimum Gasteiger partial charge on any atom is -0.324 e. The van der Waals surface area contributed by atoms with Gasteiger partial charge in [-0.3, -0.25) is 14.2 Å². The number of amides is 2. The number of halogens is 1. The van der Waals surface area contributed by atoms with Crippen LogP contribution in [0.25, 0.3) is 5.69 Å². The van der Waals surface area contributed by atoms with Gasteiger partial charge >= 0.3 is 5.69 Å². The Morgan fingerprint density at radius 1 is 1.10 bits per heavy atom. The summed E-state index contributed by atoms with van der Waals surface area (Å²) in [6.07, 6.45) is 1.75. The Labute approximate surface area is 175 Å². The van der Waals surface area contributed by atoms with E-state index in [4.69, 9.17) is 0 Å². The summed E-state index contributed by atoms with van der Waals surface area (Å²) in [7, 11) is 0. The van der Waals surface area contributed by atoms with Gasteiger partial charge in [-0.1, -0.05) is 24.3 Å². The van der Waals surface area contributed by atoms with Crippen molar-refractivity contribution < 1.29 is 9.59 Å². The van der Waals surface area contributed by atoms with Crippen molar-refractivity contribution in [2.45, 2.75) is 13.3 Å². The molecule has 1 aromatic heterocycles. The maximum Gasteiger partial charge on any atom is 0.330 e. The van der Waals surface area contributed by atoms with Crippen LogP contribution in [0.2, 0.25) is 0 Å². The molecule has 1 aliphatic rings. The molecule has 2 amide bonds. The molecule has 1 atom stereocenters. The number of hydrogen-bond donors (Lipinski definition) is 2. The molecule has 7 nitrogen and oxygen atoms in total. The number of benzene rings is 2. The number of H-pyrrole nitrogens is 1. The van der Waals surface area contributed by atoms with Crippen LogP contribution in [-0.4, -0.2) is 27.9 Å². The number of aromatic amines is 1. The SMILES string of the molecule is Cc1c[nH]c(=O)n1-c1ccccc1NC(=O)C1CC(=O)N(c2ccccc2Br)C1. The fourth-order valence-corrected chi connectivity index (χ4v) is 4.05. The summed E-state index contributed by atoms with van der Waals surface area (Å²) in [5, 5.41) is 2.90. The monoisotopic (exact) mass is 454 g/mol. The van der Waals surface area contributed by atoms with Crippen LogP contribution in [0.3, 0.4) is 0 Å². The second-order valence-electron chi connectivity index (χ2n) is 6.93. The van der Waals surface area contributed by atoms with Crippen LogP contribution in [0.5, 0.6) is 0 Å². The van der Waals surface area contributed by atoms with E-state index >= 15 is 0 Å². The van der Waals surface area contributed by atoms with Gasteiger partial charge in [-0.15, -0.1) is 0 Å². The van der Waals surface area contributed by atoms with Crippen molar-refractivity contribution >= 4 is 39.1 Å². The second kappa shape index (κ2) is 7.71. The number of carbonyl (C=O) groups is 2. The van der Waals surface area contributed by atoms with Gasteiger partial charge in [0, 0.05) is 29.3 Å². The van der Waals surface area contributed by atoms with Crippen molar-refractivity contribution in [1.29, 1.82) is 0 Å². The molecule has 148 valence electrons. The summed E-state index contributed by atoms with van der Waals surface area (Å²) in [6, 6.07) is 14.5. The zero-order chi connectivity index (χ0) is 20.5. The number of carbonyl (C=O) groups excluding carboxylic acids is 2. The van der Waals surface area contributed by atoms with Gasteiger partial charge in [-0.25, -0.2) is 4.79 Å². The maximum absolute atomic E-state index is 12.9. The van der Waals surface area contributed by atoms with Gasteiger partial charge in [0.2, 0.25) is 11.8 Å². The van der Waals surface area contributed by atoms with E-state index in [9.17, 15) is 14.4 Å². The lowest BCUT2D eigenvalue weighted by Gasteiger charge is -2.18. The number of imidazole rings is 1. The average molecular weight is 455 g/mol. The lowest BCUT2D eigenvalue weighted by Crippen LogP contribution is -2.29. The summed E-state index contributed by atoms with van der Waals surface area (Å²) in [5.41, 5.74) is 2.31. The topological polar surface area (TPSA) is 87.2 Å². The third-order valence-corrected chi connectivity index (χ3v) is 5.67. The number of nitrogens with zero attached hydrogens (tertiary/aromatic N) is 2. The van der Waals surface area contributed by atoms with Gasteiger partial charge in [0.25, 0.3) is 0 Å². The number of para-hydroxylation sites is 3. The molecular formula is C21H19BrN4O3. The van der Waals surface area contributed by atoms with Gasteiger partial charge in [0.1, 0.15) is 0 Å². The molecule has 1 aliphatic heterocycles. The Kier molecular flexibility index (Phi) is 5.10. The molecule has 8 heteroatoms. The molecule has 29 heavy (non-hydrogen) atoms. The molecule has 1 saturated heterocycles. The predicted molar refractivity (Wildman–Crippen MR) is 114 cm³/mol. The number of hydrogen-bond acceptors (Lipinski definition) is 3. The lowest BCUT2D eigenvalue weighted by molar-refractivity contribution is -0.122.